The van der Waals surface area contributed by atoms with E-state index in [1.165, 1.54) is 0 Å². The number of hydrogen-bond acceptors (Lipinski definition) is 3. The standard InChI is InChI=1S/C12H26N2O2/c1-6-13-7-10(4)12(15)14-11(8-16-5)9(2)3/h9-11,13H,6-8H2,1-5H3,(H,14,15). The Balaban J connectivity index is 4.07. The van der Waals surface area contributed by atoms with Gasteiger partial charge in [-0.15, -0.1) is 0 Å². The molecule has 0 fully saturated rings. The Hall–Kier alpha value is -0.610. The first-order valence-electron chi connectivity index (χ1n) is 6.02. The van der Waals surface area contributed by atoms with Crippen molar-refractivity contribution < 1.29 is 9.53 Å². The highest BCUT2D eigenvalue weighted by Gasteiger charge is 2.19. The van der Waals surface area contributed by atoms with Crippen molar-refractivity contribution in [3.8, 4) is 0 Å². The van der Waals surface area contributed by atoms with Crippen LogP contribution < -0.4 is 10.6 Å². The van der Waals surface area contributed by atoms with E-state index in [-0.39, 0.29) is 17.9 Å². The predicted molar refractivity (Wildman–Crippen MR) is 66.4 cm³/mol. The van der Waals surface area contributed by atoms with Crippen LogP contribution >= 0.6 is 0 Å². The Morgan fingerprint density at radius 1 is 1.31 bits per heavy atom. The maximum absolute atomic E-state index is 11.8. The zero-order valence-electron chi connectivity index (χ0n) is 11.2. The van der Waals surface area contributed by atoms with E-state index in [4.69, 9.17) is 4.74 Å². The van der Waals surface area contributed by atoms with E-state index >= 15 is 0 Å². The molecule has 0 radical (unpaired) electrons. The van der Waals surface area contributed by atoms with Gasteiger partial charge in [0.25, 0.3) is 0 Å². The lowest BCUT2D eigenvalue weighted by Crippen LogP contribution is -2.45. The second-order valence-corrected chi connectivity index (χ2v) is 4.52. The highest BCUT2D eigenvalue weighted by Crippen LogP contribution is 2.03. The van der Waals surface area contributed by atoms with E-state index in [0.717, 1.165) is 13.1 Å². The molecular weight excluding hydrogens is 204 g/mol. The maximum Gasteiger partial charge on any atom is 0.224 e. The van der Waals surface area contributed by atoms with Gasteiger partial charge in [0.15, 0.2) is 0 Å². The number of hydrogen-bond donors (Lipinski definition) is 2. The molecule has 4 nitrogen and oxygen atoms in total. The number of ether oxygens (including phenoxy) is 1. The average Bonchev–Trinajstić information content (AvgIpc) is 2.24. The Kier molecular flexibility index (Phi) is 8.21. The van der Waals surface area contributed by atoms with Crippen LogP contribution in [0.4, 0.5) is 0 Å². The minimum Gasteiger partial charge on any atom is -0.383 e. The lowest BCUT2D eigenvalue weighted by molar-refractivity contribution is -0.125. The van der Waals surface area contributed by atoms with Gasteiger partial charge in [0.1, 0.15) is 0 Å². The molecule has 16 heavy (non-hydrogen) atoms. The van der Waals surface area contributed by atoms with Crippen LogP contribution in [0.1, 0.15) is 27.7 Å². The lowest BCUT2D eigenvalue weighted by atomic mass is 10.0. The van der Waals surface area contributed by atoms with Gasteiger partial charge in [0.2, 0.25) is 5.91 Å². The number of nitrogens with one attached hydrogen (secondary N) is 2. The topological polar surface area (TPSA) is 50.4 Å². The van der Waals surface area contributed by atoms with Crippen LogP contribution in [0.3, 0.4) is 0 Å². The van der Waals surface area contributed by atoms with E-state index < -0.39 is 0 Å². The molecule has 0 saturated heterocycles. The van der Waals surface area contributed by atoms with Crippen molar-refractivity contribution in [2.24, 2.45) is 11.8 Å². The van der Waals surface area contributed by atoms with Crippen LogP contribution in [0.2, 0.25) is 0 Å². The van der Waals surface area contributed by atoms with Gasteiger partial charge in [-0.2, -0.15) is 0 Å². The van der Waals surface area contributed by atoms with Crippen molar-refractivity contribution in [2.75, 3.05) is 26.8 Å². The third-order valence-corrected chi connectivity index (χ3v) is 2.63. The fraction of sp³-hybridized carbons (Fsp3) is 0.917. The second kappa shape index (κ2) is 8.53. The number of amides is 1. The van der Waals surface area contributed by atoms with E-state index in [1.54, 1.807) is 7.11 Å². The zero-order chi connectivity index (χ0) is 12.6. The van der Waals surface area contributed by atoms with Gasteiger partial charge < -0.3 is 15.4 Å². The molecule has 2 atom stereocenters. The average molecular weight is 230 g/mol. The summed E-state index contributed by atoms with van der Waals surface area (Å²) in [6, 6.07) is 0.0987. The van der Waals surface area contributed by atoms with Crippen LogP contribution in [-0.2, 0) is 9.53 Å². The van der Waals surface area contributed by atoms with E-state index in [2.05, 4.69) is 24.5 Å². The summed E-state index contributed by atoms with van der Waals surface area (Å²) in [6.45, 7) is 10.3. The van der Waals surface area contributed by atoms with Gasteiger partial charge in [-0.05, 0) is 12.5 Å². The quantitative estimate of drug-likeness (QED) is 0.654. The van der Waals surface area contributed by atoms with E-state index in [0.29, 0.717) is 12.5 Å². The largest absolute Gasteiger partial charge is 0.383 e. The van der Waals surface area contributed by atoms with Crippen molar-refractivity contribution in [3.05, 3.63) is 0 Å². The summed E-state index contributed by atoms with van der Waals surface area (Å²) < 4.78 is 5.10. The molecule has 96 valence electrons. The van der Waals surface area contributed by atoms with Crippen LogP contribution in [0.15, 0.2) is 0 Å². The monoisotopic (exact) mass is 230 g/mol. The summed E-state index contributed by atoms with van der Waals surface area (Å²) in [5, 5.41) is 6.19. The number of carbonyl (C=O) groups excluding carboxylic acids is 1. The van der Waals surface area contributed by atoms with Crippen LogP contribution in [0, 0.1) is 11.8 Å². The third-order valence-electron chi connectivity index (χ3n) is 2.63. The molecule has 0 heterocycles. The molecule has 2 N–H and O–H groups in total. The summed E-state index contributed by atoms with van der Waals surface area (Å²) in [5.74, 6) is 0.477. The molecule has 0 aliphatic carbocycles. The van der Waals surface area contributed by atoms with Gasteiger partial charge in [-0.3, -0.25) is 4.79 Å². The van der Waals surface area contributed by atoms with Gasteiger partial charge in [0.05, 0.1) is 12.6 Å². The first-order valence-corrected chi connectivity index (χ1v) is 6.02. The molecule has 2 unspecified atom stereocenters. The fourth-order valence-corrected chi connectivity index (χ4v) is 1.36. The van der Waals surface area contributed by atoms with E-state index in [9.17, 15) is 4.79 Å². The van der Waals surface area contributed by atoms with Crippen molar-refractivity contribution in [3.63, 3.8) is 0 Å². The summed E-state index contributed by atoms with van der Waals surface area (Å²) >= 11 is 0. The Morgan fingerprint density at radius 3 is 2.38 bits per heavy atom. The predicted octanol–water partition coefficient (Wildman–Crippen LogP) is 1.02. The number of carbonyl (C=O) groups is 1. The molecule has 0 aromatic rings. The first-order chi connectivity index (χ1) is 7.52. The Bertz CT molecular complexity index is 195. The third kappa shape index (κ3) is 6.08. The van der Waals surface area contributed by atoms with Crippen LogP contribution in [-0.4, -0.2) is 38.8 Å². The van der Waals surface area contributed by atoms with Crippen molar-refractivity contribution in [1.29, 1.82) is 0 Å². The smallest absolute Gasteiger partial charge is 0.224 e. The Labute approximate surface area is 99.1 Å². The molecule has 0 bridgehead atoms. The summed E-state index contributed by atoms with van der Waals surface area (Å²) in [7, 11) is 1.66. The first kappa shape index (κ1) is 15.4. The molecule has 0 aromatic carbocycles. The molecule has 0 aromatic heterocycles. The summed E-state index contributed by atoms with van der Waals surface area (Å²) in [4.78, 5) is 11.8. The van der Waals surface area contributed by atoms with Gasteiger partial charge in [-0.25, -0.2) is 0 Å². The minimum atomic E-state index is -0.00180. The van der Waals surface area contributed by atoms with Crippen molar-refractivity contribution >= 4 is 5.91 Å². The highest BCUT2D eigenvalue weighted by atomic mass is 16.5. The number of methoxy groups -OCH3 is 1. The Morgan fingerprint density at radius 2 is 1.94 bits per heavy atom. The molecule has 4 heteroatoms. The fourth-order valence-electron chi connectivity index (χ4n) is 1.36. The second-order valence-electron chi connectivity index (χ2n) is 4.52. The van der Waals surface area contributed by atoms with E-state index in [1.807, 2.05) is 13.8 Å². The lowest BCUT2D eigenvalue weighted by Gasteiger charge is -2.23. The SMILES string of the molecule is CCNCC(C)C(=O)NC(COC)C(C)C. The number of rotatable bonds is 8. The highest BCUT2D eigenvalue weighted by molar-refractivity contribution is 5.78. The van der Waals surface area contributed by atoms with Crippen LogP contribution in [0.5, 0.6) is 0 Å². The molecule has 0 spiro atoms. The summed E-state index contributed by atoms with van der Waals surface area (Å²) in [5.41, 5.74) is 0. The summed E-state index contributed by atoms with van der Waals surface area (Å²) in [6.07, 6.45) is 0. The molecule has 1 amide bonds. The molecule has 0 rings (SSSR count). The molecule has 0 aliphatic rings. The van der Waals surface area contributed by atoms with Crippen molar-refractivity contribution in [2.45, 2.75) is 33.7 Å². The minimum absolute atomic E-state index is 0.00180. The molecular formula is C12H26N2O2. The normalized spacial score (nSPS) is 14.9. The van der Waals surface area contributed by atoms with Gasteiger partial charge >= 0.3 is 0 Å². The van der Waals surface area contributed by atoms with Crippen LogP contribution in [0.25, 0.3) is 0 Å². The molecule has 0 aliphatic heterocycles. The molecule has 0 saturated carbocycles. The maximum atomic E-state index is 11.8. The van der Waals surface area contributed by atoms with Crippen molar-refractivity contribution in [1.82, 2.24) is 10.6 Å². The van der Waals surface area contributed by atoms with Gasteiger partial charge in [-0.1, -0.05) is 27.7 Å². The van der Waals surface area contributed by atoms with Gasteiger partial charge in [0, 0.05) is 19.6 Å². The zero-order valence-corrected chi connectivity index (χ0v) is 11.2.